The Morgan fingerprint density at radius 3 is 2.62 bits per heavy atom. The van der Waals surface area contributed by atoms with E-state index in [1.807, 2.05) is 37.6 Å². The molecule has 0 bridgehead atoms. The summed E-state index contributed by atoms with van der Waals surface area (Å²) in [5.41, 5.74) is 2.91. The smallest absolute Gasteiger partial charge is 0.188 e. The van der Waals surface area contributed by atoms with Crippen LogP contribution in [0.25, 0.3) is 5.82 Å². The molecular weight excluding hydrogens is 324 g/mol. The van der Waals surface area contributed by atoms with Crippen LogP contribution < -0.4 is 0 Å². The average Bonchev–Trinajstić information content (AvgIpc) is 3.21. The minimum Gasteiger partial charge on any atom is -0.360 e. The first kappa shape index (κ1) is 16.1. The lowest BCUT2D eigenvalue weighted by molar-refractivity contribution is 0.0978. The molecule has 3 aromatic heterocycles. The van der Waals surface area contributed by atoms with Crippen LogP contribution in [0.3, 0.4) is 0 Å². The van der Waals surface area contributed by atoms with Gasteiger partial charge in [0, 0.05) is 34.1 Å². The van der Waals surface area contributed by atoms with Gasteiger partial charge < -0.3 is 4.52 Å². The summed E-state index contributed by atoms with van der Waals surface area (Å²) in [6, 6.07) is 5.67. The Hall–Kier alpha value is -2.72. The van der Waals surface area contributed by atoms with E-state index in [0.717, 1.165) is 17.1 Å². The van der Waals surface area contributed by atoms with Crippen LogP contribution in [0.2, 0.25) is 0 Å². The number of hydrogen-bond donors (Lipinski definition) is 0. The van der Waals surface area contributed by atoms with E-state index in [4.69, 9.17) is 4.52 Å². The highest BCUT2D eigenvalue weighted by Gasteiger charge is 2.28. The Kier molecular flexibility index (Phi) is 4.08. The van der Waals surface area contributed by atoms with Crippen molar-refractivity contribution in [2.75, 3.05) is 0 Å². The Bertz CT molecular complexity index is 958. The minimum atomic E-state index is -0.892. The van der Waals surface area contributed by atoms with Crippen molar-refractivity contribution >= 4 is 17.1 Å². The summed E-state index contributed by atoms with van der Waals surface area (Å²) in [5, 5.41) is 15.8. The van der Waals surface area contributed by atoms with E-state index >= 15 is 0 Å². The van der Waals surface area contributed by atoms with Gasteiger partial charge in [-0.15, -0.1) is 11.3 Å². The normalized spacial score (nSPS) is 12.1. The number of rotatable bonds is 4. The summed E-state index contributed by atoms with van der Waals surface area (Å²) in [4.78, 5) is 17.2. The standard InChI is InChI=1S/C17H16N4O2S/c1-9-8-24-17(19-9)14(7-18)16(22)13-5-10(2)21(12(13)4)15-6-11(3)23-20-15/h5-6,8,14H,1-4H3. The van der Waals surface area contributed by atoms with Crippen molar-refractivity contribution in [3.8, 4) is 11.9 Å². The van der Waals surface area contributed by atoms with Gasteiger partial charge in [-0.1, -0.05) is 5.16 Å². The maximum Gasteiger partial charge on any atom is 0.188 e. The van der Waals surface area contributed by atoms with Gasteiger partial charge in [0.25, 0.3) is 0 Å². The summed E-state index contributed by atoms with van der Waals surface area (Å²) in [7, 11) is 0. The van der Waals surface area contributed by atoms with Gasteiger partial charge in [-0.2, -0.15) is 5.26 Å². The molecule has 122 valence electrons. The van der Waals surface area contributed by atoms with Crippen LogP contribution in [0, 0.1) is 39.0 Å². The number of nitriles is 1. The van der Waals surface area contributed by atoms with E-state index in [0.29, 0.717) is 22.1 Å². The molecule has 0 amide bonds. The summed E-state index contributed by atoms with van der Waals surface area (Å²) in [6.45, 7) is 7.39. The number of aromatic nitrogens is 3. The fourth-order valence-electron chi connectivity index (χ4n) is 2.71. The zero-order valence-corrected chi connectivity index (χ0v) is 14.6. The highest BCUT2D eigenvalue weighted by Crippen LogP contribution is 2.28. The van der Waals surface area contributed by atoms with Crippen LogP contribution >= 0.6 is 11.3 Å². The number of nitrogens with zero attached hydrogens (tertiary/aromatic N) is 4. The van der Waals surface area contributed by atoms with Crippen molar-refractivity contribution in [2.45, 2.75) is 33.6 Å². The van der Waals surface area contributed by atoms with Gasteiger partial charge in [0.05, 0.1) is 6.07 Å². The van der Waals surface area contributed by atoms with Crippen molar-refractivity contribution in [2.24, 2.45) is 0 Å². The number of carbonyl (C=O) groups excluding carboxylic acids is 1. The van der Waals surface area contributed by atoms with Gasteiger partial charge >= 0.3 is 0 Å². The van der Waals surface area contributed by atoms with Crippen molar-refractivity contribution in [1.29, 1.82) is 5.26 Å². The minimum absolute atomic E-state index is 0.244. The first-order valence-electron chi connectivity index (χ1n) is 7.41. The molecule has 1 atom stereocenters. The molecule has 7 heteroatoms. The van der Waals surface area contributed by atoms with Crippen molar-refractivity contribution in [3.05, 3.63) is 50.9 Å². The summed E-state index contributed by atoms with van der Waals surface area (Å²) in [6.07, 6.45) is 0. The fourth-order valence-corrected chi connectivity index (χ4v) is 3.55. The summed E-state index contributed by atoms with van der Waals surface area (Å²) in [5.74, 6) is 0.182. The first-order chi connectivity index (χ1) is 11.4. The van der Waals surface area contributed by atoms with Crippen LogP contribution in [0.15, 0.2) is 22.0 Å². The van der Waals surface area contributed by atoms with Crippen LogP contribution in [-0.4, -0.2) is 20.5 Å². The highest BCUT2D eigenvalue weighted by atomic mass is 32.1. The second kappa shape index (κ2) is 6.06. The lowest BCUT2D eigenvalue weighted by Crippen LogP contribution is -2.12. The van der Waals surface area contributed by atoms with Crippen LogP contribution in [0.5, 0.6) is 0 Å². The molecule has 0 saturated carbocycles. The molecule has 6 nitrogen and oxygen atoms in total. The molecule has 0 aromatic carbocycles. The zero-order chi connectivity index (χ0) is 17.4. The largest absolute Gasteiger partial charge is 0.360 e. The maximum absolute atomic E-state index is 12.9. The topological polar surface area (TPSA) is 84.7 Å². The molecule has 0 N–H and O–H groups in total. The monoisotopic (exact) mass is 340 g/mol. The second-order valence-corrected chi connectivity index (χ2v) is 6.56. The van der Waals surface area contributed by atoms with E-state index in [9.17, 15) is 10.1 Å². The third-order valence-electron chi connectivity index (χ3n) is 3.82. The van der Waals surface area contributed by atoms with Crippen molar-refractivity contribution in [3.63, 3.8) is 0 Å². The molecule has 3 heterocycles. The van der Waals surface area contributed by atoms with Crippen LogP contribution in [0.1, 0.15) is 44.1 Å². The number of aryl methyl sites for hydroxylation is 3. The van der Waals surface area contributed by atoms with Gasteiger partial charge in [-0.05, 0) is 33.8 Å². The van der Waals surface area contributed by atoms with Crippen LogP contribution in [0.4, 0.5) is 0 Å². The molecule has 3 rings (SSSR count). The van der Waals surface area contributed by atoms with Gasteiger partial charge in [0.2, 0.25) is 0 Å². The lowest BCUT2D eigenvalue weighted by Gasteiger charge is -2.07. The molecule has 0 spiro atoms. The lowest BCUT2D eigenvalue weighted by atomic mass is 9.99. The van der Waals surface area contributed by atoms with Gasteiger partial charge in [0.1, 0.15) is 10.8 Å². The Balaban J connectivity index is 2.04. The molecule has 0 fully saturated rings. The van der Waals surface area contributed by atoms with Crippen molar-refractivity contribution < 1.29 is 9.32 Å². The number of hydrogen-bond acceptors (Lipinski definition) is 6. The van der Waals surface area contributed by atoms with Gasteiger partial charge in [-0.3, -0.25) is 9.36 Å². The van der Waals surface area contributed by atoms with Crippen LogP contribution in [-0.2, 0) is 0 Å². The third-order valence-corrected chi connectivity index (χ3v) is 4.84. The number of ketones is 1. The van der Waals surface area contributed by atoms with E-state index in [2.05, 4.69) is 16.2 Å². The molecule has 3 aromatic rings. The molecule has 0 saturated heterocycles. The van der Waals surface area contributed by atoms with Crippen molar-refractivity contribution in [1.82, 2.24) is 14.7 Å². The Labute approximate surface area is 143 Å². The van der Waals surface area contributed by atoms with Gasteiger partial charge in [0.15, 0.2) is 17.5 Å². The quantitative estimate of drug-likeness (QED) is 0.677. The number of thiazole rings is 1. The molecule has 0 aliphatic heterocycles. The number of carbonyl (C=O) groups is 1. The van der Waals surface area contributed by atoms with E-state index in [-0.39, 0.29) is 5.78 Å². The summed E-state index contributed by atoms with van der Waals surface area (Å²) >= 11 is 1.33. The van der Waals surface area contributed by atoms with E-state index < -0.39 is 5.92 Å². The first-order valence-corrected chi connectivity index (χ1v) is 8.28. The zero-order valence-electron chi connectivity index (χ0n) is 13.8. The van der Waals surface area contributed by atoms with E-state index in [1.165, 1.54) is 11.3 Å². The molecular formula is C17H16N4O2S. The molecule has 0 aliphatic carbocycles. The average molecular weight is 340 g/mol. The van der Waals surface area contributed by atoms with E-state index in [1.54, 1.807) is 12.1 Å². The number of Topliss-reactive ketones (excluding diaryl/α,β-unsaturated/α-hetero) is 1. The summed E-state index contributed by atoms with van der Waals surface area (Å²) < 4.78 is 6.98. The maximum atomic E-state index is 12.9. The molecule has 0 radical (unpaired) electrons. The Morgan fingerprint density at radius 1 is 1.33 bits per heavy atom. The fraction of sp³-hybridized carbons (Fsp3) is 0.294. The van der Waals surface area contributed by atoms with Gasteiger partial charge in [-0.25, -0.2) is 4.98 Å². The molecule has 1 unspecified atom stereocenters. The predicted octanol–water partition coefficient (Wildman–Crippen LogP) is 3.65. The molecule has 24 heavy (non-hydrogen) atoms. The highest BCUT2D eigenvalue weighted by molar-refractivity contribution is 7.10. The third kappa shape index (κ3) is 2.65. The molecule has 0 aliphatic rings. The Morgan fingerprint density at radius 2 is 2.08 bits per heavy atom. The second-order valence-electron chi connectivity index (χ2n) is 5.67. The predicted molar refractivity (Wildman–Crippen MR) is 89.6 cm³/mol. The SMILES string of the molecule is Cc1csc(C(C#N)C(=O)c2cc(C)n(-c3cc(C)on3)c2C)n1.